The fourth-order valence-corrected chi connectivity index (χ4v) is 4.42. The molecular formula is C26H23N5O4. The van der Waals surface area contributed by atoms with Gasteiger partial charge in [0.1, 0.15) is 0 Å². The zero-order chi connectivity index (χ0) is 24.5. The Morgan fingerprint density at radius 3 is 2.63 bits per heavy atom. The van der Waals surface area contributed by atoms with Gasteiger partial charge in [-0.25, -0.2) is 4.98 Å². The van der Waals surface area contributed by atoms with Gasteiger partial charge in [-0.3, -0.25) is 19.5 Å². The van der Waals surface area contributed by atoms with Crippen molar-refractivity contribution in [2.45, 2.75) is 19.9 Å². The van der Waals surface area contributed by atoms with Crippen molar-refractivity contribution in [1.29, 1.82) is 0 Å². The number of amides is 1. The van der Waals surface area contributed by atoms with Crippen LogP contribution in [0.1, 0.15) is 25.5 Å². The van der Waals surface area contributed by atoms with Crippen LogP contribution in [0.25, 0.3) is 11.0 Å². The molecule has 0 saturated heterocycles. The highest BCUT2D eigenvalue weighted by Crippen LogP contribution is 2.41. The maximum Gasteiger partial charge on any atom is 0.311 e. The molecule has 9 nitrogen and oxygen atoms in total. The predicted octanol–water partition coefficient (Wildman–Crippen LogP) is 5.27. The second-order valence-electron chi connectivity index (χ2n) is 8.10. The van der Waals surface area contributed by atoms with Crippen molar-refractivity contribution in [1.82, 2.24) is 9.55 Å². The highest BCUT2D eigenvalue weighted by atomic mass is 16.6. The summed E-state index contributed by atoms with van der Waals surface area (Å²) in [6, 6.07) is 20.9. The molecule has 1 aliphatic heterocycles. The van der Waals surface area contributed by atoms with Gasteiger partial charge >= 0.3 is 5.69 Å². The molecule has 0 unspecified atom stereocenters. The Kier molecular flexibility index (Phi) is 5.66. The van der Waals surface area contributed by atoms with Gasteiger partial charge < -0.3 is 15.4 Å². The Balaban J connectivity index is 1.70. The number of hydrogen-bond donors (Lipinski definition) is 2. The minimum atomic E-state index is -0.656. The third-order valence-electron chi connectivity index (χ3n) is 5.90. The lowest BCUT2D eigenvalue weighted by molar-refractivity contribution is -0.385. The molecule has 176 valence electrons. The maximum absolute atomic E-state index is 13.6. The summed E-state index contributed by atoms with van der Waals surface area (Å²) in [6.07, 6.45) is 0. The standard InChI is InChI=1S/C26H23N5O4/c1-3-35-22-14-13-17(15-21(22)31(33)34)24-23(25(32)28-18-9-5-4-6-10-18)16(2)27-26-29-19-11-7-8-12-20(19)30(24)26/h4-15,24H,3H2,1-2H3,(H,27,29)(H,28,32)/t24-/m1/s1. The number of fused-ring (bicyclic) bond motifs is 3. The molecule has 1 amide bonds. The fraction of sp³-hybridized carbons (Fsp3) is 0.154. The van der Waals surface area contributed by atoms with E-state index in [1.807, 2.05) is 47.0 Å². The van der Waals surface area contributed by atoms with E-state index in [2.05, 4.69) is 15.6 Å². The molecule has 4 aromatic rings. The van der Waals surface area contributed by atoms with E-state index >= 15 is 0 Å². The maximum atomic E-state index is 13.6. The zero-order valence-corrected chi connectivity index (χ0v) is 19.2. The lowest BCUT2D eigenvalue weighted by Gasteiger charge is -2.30. The summed E-state index contributed by atoms with van der Waals surface area (Å²) in [7, 11) is 0. The summed E-state index contributed by atoms with van der Waals surface area (Å²) in [5, 5.41) is 18.1. The van der Waals surface area contributed by atoms with Crippen molar-refractivity contribution < 1.29 is 14.5 Å². The lowest BCUT2D eigenvalue weighted by atomic mass is 9.93. The Hall–Kier alpha value is -4.66. The molecule has 1 atom stereocenters. The quantitative estimate of drug-likeness (QED) is 0.294. The van der Waals surface area contributed by atoms with Crippen LogP contribution in [0.4, 0.5) is 17.3 Å². The van der Waals surface area contributed by atoms with Crippen molar-refractivity contribution in [3.05, 3.63) is 99.7 Å². The third-order valence-corrected chi connectivity index (χ3v) is 5.90. The number of benzene rings is 3. The average Bonchev–Trinajstić information content (AvgIpc) is 3.22. The number of hydrogen-bond acceptors (Lipinski definition) is 6. The molecule has 1 aromatic heterocycles. The molecule has 9 heteroatoms. The zero-order valence-electron chi connectivity index (χ0n) is 19.2. The molecule has 5 rings (SSSR count). The molecule has 0 saturated carbocycles. The van der Waals surface area contributed by atoms with Crippen molar-refractivity contribution >= 4 is 34.3 Å². The molecule has 0 fully saturated rings. The van der Waals surface area contributed by atoms with E-state index in [9.17, 15) is 14.9 Å². The molecule has 0 aliphatic carbocycles. The van der Waals surface area contributed by atoms with Crippen LogP contribution < -0.4 is 15.4 Å². The summed E-state index contributed by atoms with van der Waals surface area (Å²) in [4.78, 5) is 29.7. The van der Waals surface area contributed by atoms with E-state index in [0.29, 0.717) is 35.1 Å². The smallest absolute Gasteiger partial charge is 0.311 e. The number of carbonyl (C=O) groups excluding carboxylic acids is 1. The number of nitro groups is 1. The van der Waals surface area contributed by atoms with E-state index in [-0.39, 0.29) is 17.3 Å². The number of anilines is 2. The van der Waals surface area contributed by atoms with Crippen molar-refractivity contribution in [3.63, 3.8) is 0 Å². The highest BCUT2D eigenvalue weighted by Gasteiger charge is 2.35. The molecule has 2 N–H and O–H groups in total. The first-order chi connectivity index (χ1) is 17.0. The van der Waals surface area contributed by atoms with Crippen LogP contribution in [0.5, 0.6) is 5.75 Å². The van der Waals surface area contributed by atoms with Gasteiger partial charge in [0.2, 0.25) is 5.95 Å². The van der Waals surface area contributed by atoms with Crippen LogP contribution in [0, 0.1) is 10.1 Å². The van der Waals surface area contributed by atoms with E-state index in [0.717, 1.165) is 11.0 Å². The van der Waals surface area contributed by atoms with Gasteiger partial charge in [-0.1, -0.05) is 36.4 Å². The van der Waals surface area contributed by atoms with Crippen molar-refractivity contribution in [2.75, 3.05) is 17.2 Å². The number of nitrogens with zero attached hydrogens (tertiary/aromatic N) is 3. The summed E-state index contributed by atoms with van der Waals surface area (Å²) in [5.74, 6) is 0.426. The highest BCUT2D eigenvalue weighted by molar-refractivity contribution is 6.06. The van der Waals surface area contributed by atoms with Gasteiger partial charge in [0.25, 0.3) is 5.91 Å². The lowest BCUT2D eigenvalue weighted by Crippen LogP contribution is -2.31. The molecule has 0 radical (unpaired) electrons. The van der Waals surface area contributed by atoms with E-state index in [1.54, 1.807) is 38.1 Å². The molecular weight excluding hydrogens is 446 g/mol. The molecule has 0 bridgehead atoms. The Morgan fingerprint density at radius 1 is 1.14 bits per heavy atom. The van der Waals surface area contributed by atoms with Crippen molar-refractivity contribution in [3.8, 4) is 5.75 Å². The Morgan fingerprint density at radius 2 is 1.89 bits per heavy atom. The number of aromatic nitrogens is 2. The molecule has 0 spiro atoms. The number of para-hydroxylation sites is 3. The number of carbonyl (C=O) groups is 1. The van der Waals surface area contributed by atoms with Crippen LogP contribution in [0.15, 0.2) is 84.1 Å². The van der Waals surface area contributed by atoms with Crippen LogP contribution in [0.3, 0.4) is 0 Å². The summed E-state index contributed by atoms with van der Waals surface area (Å²) in [6.45, 7) is 3.87. The SMILES string of the molecule is CCOc1ccc([C@@H]2C(C(=O)Nc3ccccc3)=C(C)Nc3nc4ccccc4n32)cc1[N+](=O)[O-]. The minimum Gasteiger partial charge on any atom is -0.487 e. The summed E-state index contributed by atoms with van der Waals surface area (Å²) < 4.78 is 7.38. The largest absolute Gasteiger partial charge is 0.487 e. The number of imidazole rings is 1. The average molecular weight is 470 g/mol. The Labute approximate surface area is 201 Å². The number of nitrogens with one attached hydrogen (secondary N) is 2. The minimum absolute atomic E-state index is 0.158. The predicted molar refractivity (Wildman–Crippen MR) is 134 cm³/mol. The fourth-order valence-electron chi connectivity index (χ4n) is 4.42. The van der Waals surface area contributed by atoms with E-state index in [4.69, 9.17) is 4.74 Å². The Bertz CT molecular complexity index is 1480. The van der Waals surface area contributed by atoms with Gasteiger partial charge in [-0.05, 0) is 49.7 Å². The molecule has 35 heavy (non-hydrogen) atoms. The number of allylic oxidation sites excluding steroid dienone is 1. The summed E-state index contributed by atoms with van der Waals surface area (Å²) in [5.41, 5.74) is 3.66. The first kappa shape index (κ1) is 22.1. The molecule has 3 aromatic carbocycles. The van der Waals surface area contributed by atoms with Crippen LogP contribution in [-0.2, 0) is 4.79 Å². The molecule has 1 aliphatic rings. The number of rotatable bonds is 6. The summed E-state index contributed by atoms with van der Waals surface area (Å²) >= 11 is 0. The topological polar surface area (TPSA) is 111 Å². The third kappa shape index (κ3) is 3.97. The van der Waals surface area contributed by atoms with Gasteiger partial charge in [-0.2, -0.15) is 0 Å². The van der Waals surface area contributed by atoms with Gasteiger partial charge in [0.15, 0.2) is 5.75 Å². The van der Waals surface area contributed by atoms with Crippen LogP contribution in [-0.4, -0.2) is 27.0 Å². The number of ether oxygens (including phenoxy) is 1. The second kappa shape index (κ2) is 8.94. The van der Waals surface area contributed by atoms with E-state index < -0.39 is 11.0 Å². The second-order valence-corrected chi connectivity index (χ2v) is 8.10. The first-order valence-electron chi connectivity index (χ1n) is 11.2. The monoisotopic (exact) mass is 469 g/mol. The first-order valence-corrected chi connectivity index (χ1v) is 11.2. The van der Waals surface area contributed by atoms with Crippen LogP contribution >= 0.6 is 0 Å². The normalized spacial score (nSPS) is 14.9. The van der Waals surface area contributed by atoms with Gasteiger partial charge in [0, 0.05) is 17.5 Å². The number of nitro benzene ring substituents is 1. The van der Waals surface area contributed by atoms with E-state index in [1.165, 1.54) is 6.07 Å². The van der Waals surface area contributed by atoms with Gasteiger partial charge in [-0.15, -0.1) is 0 Å². The van der Waals surface area contributed by atoms with Crippen molar-refractivity contribution in [2.24, 2.45) is 0 Å². The van der Waals surface area contributed by atoms with Gasteiger partial charge in [0.05, 0.1) is 34.2 Å². The molecule has 2 heterocycles. The van der Waals surface area contributed by atoms with Crippen LogP contribution in [0.2, 0.25) is 0 Å².